The summed E-state index contributed by atoms with van der Waals surface area (Å²) >= 11 is 6.08. The maximum Gasteiger partial charge on any atom is 0.322 e. The number of anilines is 2. The molecule has 1 aromatic heterocycles. The van der Waals surface area contributed by atoms with E-state index in [0.29, 0.717) is 28.8 Å². The molecule has 0 aliphatic heterocycles. The van der Waals surface area contributed by atoms with E-state index in [4.69, 9.17) is 16.7 Å². The van der Waals surface area contributed by atoms with Crippen LogP contribution in [-0.4, -0.2) is 39.7 Å². The number of hydrogen-bond donors (Lipinski definition) is 2. The average Bonchev–Trinajstić information content (AvgIpc) is 3.33. The van der Waals surface area contributed by atoms with E-state index < -0.39 is 0 Å². The van der Waals surface area contributed by atoms with Crippen molar-refractivity contribution in [2.45, 2.75) is 33.6 Å². The molecule has 38 heavy (non-hydrogen) atoms. The largest absolute Gasteiger partial charge is 0.322 e. The third-order valence-corrected chi connectivity index (χ3v) is 6.53. The van der Waals surface area contributed by atoms with Crippen LogP contribution in [0, 0.1) is 13.8 Å². The van der Waals surface area contributed by atoms with Crippen LogP contribution in [0.4, 0.5) is 16.3 Å². The summed E-state index contributed by atoms with van der Waals surface area (Å²) in [7, 11) is 0. The van der Waals surface area contributed by atoms with Crippen LogP contribution in [0.25, 0.3) is 16.9 Å². The van der Waals surface area contributed by atoms with Gasteiger partial charge in [-0.25, -0.2) is 9.48 Å². The van der Waals surface area contributed by atoms with Gasteiger partial charge in [-0.3, -0.25) is 4.79 Å². The van der Waals surface area contributed by atoms with Crippen molar-refractivity contribution in [2.75, 3.05) is 23.7 Å². The number of amides is 3. The number of carbonyl (C=O) groups is 2. The second-order valence-corrected chi connectivity index (χ2v) is 9.66. The van der Waals surface area contributed by atoms with Crippen molar-refractivity contribution < 1.29 is 9.59 Å². The number of aryl methyl sites for hydroxylation is 2. The zero-order valence-corrected chi connectivity index (χ0v) is 22.6. The summed E-state index contributed by atoms with van der Waals surface area (Å²) in [5, 5.41) is 11.2. The molecule has 1 heterocycles. The predicted molar refractivity (Wildman–Crippen MR) is 154 cm³/mol. The molecule has 0 aliphatic rings. The van der Waals surface area contributed by atoms with Crippen molar-refractivity contribution in [1.82, 2.24) is 14.7 Å². The Morgan fingerprint density at radius 3 is 2.34 bits per heavy atom. The summed E-state index contributed by atoms with van der Waals surface area (Å²) in [6.45, 7) is 6.45. The molecule has 0 saturated heterocycles. The van der Waals surface area contributed by atoms with Crippen LogP contribution in [0.1, 0.15) is 30.9 Å². The third-order valence-electron chi connectivity index (χ3n) is 6.28. The van der Waals surface area contributed by atoms with E-state index in [9.17, 15) is 9.59 Å². The van der Waals surface area contributed by atoms with Crippen LogP contribution in [0.15, 0.2) is 78.9 Å². The van der Waals surface area contributed by atoms with Crippen LogP contribution < -0.4 is 10.6 Å². The van der Waals surface area contributed by atoms with Gasteiger partial charge in [0.05, 0.1) is 11.4 Å². The number of carbonyl (C=O) groups excluding carboxylic acids is 2. The van der Waals surface area contributed by atoms with E-state index in [2.05, 4.69) is 17.6 Å². The molecule has 0 atom stereocenters. The van der Waals surface area contributed by atoms with E-state index >= 15 is 0 Å². The zero-order valence-electron chi connectivity index (χ0n) is 21.9. The number of benzene rings is 3. The Balaban J connectivity index is 1.55. The molecule has 0 radical (unpaired) electrons. The van der Waals surface area contributed by atoms with Crippen LogP contribution in [-0.2, 0) is 4.79 Å². The lowest BCUT2D eigenvalue weighted by molar-refractivity contribution is -0.116. The van der Waals surface area contributed by atoms with Gasteiger partial charge in [0, 0.05) is 28.9 Å². The van der Waals surface area contributed by atoms with Crippen molar-refractivity contribution in [3.8, 4) is 16.9 Å². The molecule has 196 valence electrons. The number of hydrogen-bond acceptors (Lipinski definition) is 3. The lowest BCUT2D eigenvalue weighted by Crippen LogP contribution is -2.41. The van der Waals surface area contributed by atoms with Gasteiger partial charge in [-0.05, 0) is 67.8 Å². The standard InChI is InChI=1S/C30H32ClN5O2/c1-4-5-17-35(30(38)32-25-14-11-21(2)22(3)18-25)20-29(37)33-28-19-27(23-9-7-6-8-10-23)34-36(28)26-15-12-24(31)13-16-26/h6-16,18-19H,4-5,17,20H2,1-3H3,(H,32,38)(H,33,37). The highest BCUT2D eigenvalue weighted by molar-refractivity contribution is 6.30. The number of rotatable bonds is 9. The molecule has 8 heteroatoms. The van der Waals surface area contributed by atoms with Crippen LogP contribution in [0.3, 0.4) is 0 Å². The van der Waals surface area contributed by atoms with E-state index in [-0.39, 0.29) is 18.5 Å². The zero-order chi connectivity index (χ0) is 27.1. The fourth-order valence-electron chi connectivity index (χ4n) is 3.98. The highest BCUT2D eigenvalue weighted by Gasteiger charge is 2.20. The van der Waals surface area contributed by atoms with Crippen molar-refractivity contribution >= 4 is 35.0 Å². The van der Waals surface area contributed by atoms with Crippen molar-refractivity contribution in [3.63, 3.8) is 0 Å². The maximum atomic E-state index is 13.2. The number of halogens is 1. The summed E-state index contributed by atoms with van der Waals surface area (Å²) in [5.74, 6) is 0.187. The van der Waals surface area contributed by atoms with Crippen LogP contribution in [0.2, 0.25) is 5.02 Å². The second-order valence-electron chi connectivity index (χ2n) is 9.22. The molecule has 7 nitrogen and oxygen atoms in total. The van der Waals surface area contributed by atoms with Gasteiger partial charge in [0.2, 0.25) is 5.91 Å². The summed E-state index contributed by atoms with van der Waals surface area (Å²) < 4.78 is 1.67. The minimum atomic E-state index is -0.314. The van der Waals surface area contributed by atoms with Gasteiger partial charge < -0.3 is 15.5 Å². The number of nitrogens with one attached hydrogen (secondary N) is 2. The fourth-order valence-corrected chi connectivity index (χ4v) is 4.10. The SMILES string of the molecule is CCCCN(CC(=O)Nc1cc(-c2ccccc2)nn1-c1ccc(Cl)cc1)C(=O)Nc1ccc(C)c(C)c1. The molecule has 3 amide bonds. The van der Waals surface area contributed by atoms with E-state index in [1.54, 1.807) is 16.8 Å². The molecular formula is C30H32ClN5O2. The first-order valence-electron chi connectivity index (χ1n) is 12.7. The Bertz CT molecular complexity index is 1400. The Kier molecular flexibility index (Phi) is 8.81. The summed E-state index contributed by atoms with van der Waals surface area (Å²) in [6, 6.07) is 24.2. The molecule has 4 aromatic rings. The Labute approximate surface area is 228 Å². The first kappa shape index (κ1) is 26.9. The molecule has 0 saturated carbocycles. The Hall–Kier alpha value is -4.10. The smallest absolute Gasteiger partial charge is 0.315 e. The predicted octanol–water partition coefficient (Wildman–Crippen LogP) is 7.08. The summed E-state index contributed by atoms with van der Waals surface area (Å²) in [5.41, 5.74) is 5.33. The molecular weight excluding hydrogens is 498 g/mol. The molecule has 4 rings (SSSR count). The minimum absolute atomic E-state index is 0.0941. The lowest BCUT2D eigenvalue weighted by Gasteiger charge is -2.23. The number of urea groups is 1. The normalized spacial score (nSPS) is 10.7. The Morgan fingerprint density at radius 2 is 1.66 bits per heavy atom. The van der Waals surface area contributed by atoms with Gasteiger partial charge >= 0.3 is 6.03 Å². The molecule has 0 fully saturated rings. The van der Waals surface area contributed by atoms with Gasteiger partial charge in [-0.15, -0.1) is 0 Å². The number of aromatic nitrogens is 2. The van der Waals surface area contributed by atoms with E-state index in [0.717, 1.165) is 35.2 Å². The molecule has 0 bridgehead atoms. The topological polar surface area (TPSA) is 79.3 Å². The first-order valence-corrected chi connectivity index (χ1v) is 13.1. The summed E-state index contributed by atoms with van der Waals surface area (Å²) in [4.78, 5) is 27.9. The number of nitrogens with zero attached hydrogens (tertiary/aromatic N) is 3. The Morgan fingerprint density at radius 1 is 0.921 bits per heavy atom. The fraction of sp³-hybridized carbons (Fsp3) is 0.233. The number of unbranched alkanes of at least 4 members (excludes halogenated alkanes) is 1. The van der Waals surface area contributed by atoms with Gasteiger partial charge in [-0.2, -0.15) is 5.10 Å². The maximum absolute atomic E-state index is 13.2. The van der Waals surface area contributed by atoms with Crippen molar-refractivity contribution in [1.29, 1.82) is 0 Å². The highest BCUT2D eigenvalue weighted by Crippen LogP contribution is 2.25. The molecule has 2 N–H and O–H groups in total. The third kappa shape index (κ3) is 6.81. The van der Waals surface area contributed by atoms with Gasteiger partial charge in [0.1, 0.15) is 12.4 Å². The van der Waals surface area contributed by atoms with Crippen molar-refractivity contribution in [2.24, 2.45) is 0 Å². The van der Waals surface area contributed by atoms with Crippen molar-refractivity contribution in [3.05, 3.63) is 95.0 Å². The highest BCUT2D eigenvalue weighted by atomic mass is 35.5. The van der Waals surface area contributed by atoms with E-state index in [1.165, 1.54) is 4.90 Å². The molecule has 0 unspecified atom stereocenters. The monoisotopic (exact) mass is 529 g/mol. The summed E-state index contributed by atoms with van der Waals surface area (Å²) in [6.07, 6.45) is 1.69. The van der Waals surface area contributed by atoms with Gasteiger partial charge in [0.25, 0.3) is 0 Å². The minimum Gasteiger partial charge on any atom is -0.315 e. The second kappa shape index (κ2) is 12.4. The molecule has 0 spiro atoms. The lowest BCUT2D eigenvalue weighted by atomic mass is 10.1. The van der Waals surface area contributed by atoms with Crippen LogP contribution >= 0.6 is 11.6 Å². The molecule has 3 aromatic carbocycles. The average molecular weight is 530 g/mol. The van der Waals surface area contributed by atoms with Gasteiger partial charge in [-0.1, -0.05) is 61.3 Å². The quantitative estimate of drug-likeness (QED) is 0.243. The van der Waals surface area contributed by atoms with E-state index in [1.807, 2.05) is 80.6 Å². The van der Waals surface area contributed by atoms with Gasteiger partial charge in [0.15, 0.2) is 0 Å². The van der Waals surface area contributed by atoms with Crippen LogP contribution in [0.5, 0.6) is 0 Å². The first-order chi connectivity index (χ1) is 18.3. The molecule has 0 aliphatic carbocycles.